The summed E-state index contributed by atoms with van der Waals surface area (Å²) >= 11 is 6.15. The van der Waals surface area contributed by atoms with Crippen molar-refractivity contribution in [2.75, 3.05) is 19.5 Å². The molecule has 138 valence electrons. The summed E-state index contributed by atoms with van der Waals surface area (Å²) in [4.78, 5) is 24.3. The minimum Gasteiger partial charge on any atom is -0.506 e. The molecule has 0 aliphatic carbocycles. The number of benzene rings is 3. The van der Waals surface area contributed by atoms with Gasteiger partial charge in [0.25, 0.3) is 5.91 Å². The van der Waals surface area contributed by atoms with E-state index in [-0.39, 0.29) is 27.6 Å². The van der Waals surface area contributed by atoms with Crippen LogP contribution in [-0.4, -0.2) is 31.5 Å². The number of ether oxygens (including phenoxy) is 2. The average molecular weight is 386 g/mol. The van der Waals surface area contributed by atoms with E-state index in [9.17, 15) is 14.7 Å². The number of methoxy groups -OCH3 is 2. The van der Waals surface area contributed by atoms with Crippen LogP contribution in [0.3, 0.4) is 0 Å². The number of nitrogens with one attached hydrogen (secondary N) is 1. The number of hydrogen-bond donors (Lipinski definition) is 2. The largest absolute Gasteiger partial charge is 0.506 e. The highest BCUT2D eigenvalue weighted by Crippen LogP contribution is 2.38. The Labute approximate surface area is 160 Å². The first-order valence-electron chi connectivity index (χ1n) is 7.93. The predicted molar refractivity (Wildman–Crippen MR) is 104 cm³/mol. The molecule has 0 atom stereocenters. The van der Waals surface area contributed by atoms with Gasteiger partial charge < -0.3 is 19.9 Å². The number of phenols is 1. The summed E-state index contributed by atoms with van der Waals surface area (Å²) in [6.07, 6.45) is 0.525. The van der Waals surface area contributed by atoms with Crippen LogP contribution in [-0.2, 0) is 0 Å². The van der Waals surface area contributed by atoms with Crippen LogP contribution in [0.15, 0.2) is 42.5 Å². The summed E-state index contributed by atoms with van der Waals surface area (Å²) in [5, 5.41) is 14.6. The zero-order valence-electron chi connectivity index (χ0n) is 14.6. The lowest BCUT2D eigenvalue weighted by Gasteiger charge is -2.15. The van der Waals surface area contributed by atoms with Gasteiger partial charge in [-0.3, -0.25) is 9.59 Å². The van der Waals surface area contributed by atoms with E-state index in [0.29, 0.717) is 22.8 Å². The summed E-state index contributed by atoms with van der Waals surface area (Å²) < 4.78 is 10.4. The quantitative estimate of drug-likeness (QED) is 0.640. The van der Waals surface area contributed by atoms with Gasteiger partial charge in [-0.05, 0) is 16.8 Å². The molecule has 27 heavy (non-hydrogen) atoms. The maximum atomic E-state index is 12.8. The Balaban J connectivity index is 2.09. The number of rotatable bonds is 5. The van der Waals surface area contributed by atoms with Crippen molar-refractivity contribution in [3.63, 3.8) is 0 Å². The second-order valence-electron chi connectivity index (χ2n) is 5.67. The van der Waals surface area contributed by atoms with Crippen molar-refractivity contribution < 1.29 is 24.2 Å². The minimum atomic E-state index is -0.621. The number of aromatic hydroxyl groups is 1. The van der Waals surface area contributed by atoms with E-state index in [2.05, 4.69) is 5.32 Å². The number of hydrogen-bond acceptors (Lipinski definition) is 5. The van der Waals surface area contributed by atoms with Crippen molar-refractivity contribution >= 4 is 40.3 Å². The van der Waals surface area contributed by atoms with E-state index in [1.54, 1.807) is 36.4 Å². The maximum Gasteiger partial charge on any atom is 0.259 e. The summed E-state index contributed by atoms with van der Waals surface area (Å²) in [7, 11) is 2.89. The molecule has 0 aliphatic heterocycles. The van der Waals surface area contributed by atoms with Gasteiger partial charge in [-0.1, -0.05) is 35.9 Å². The molecule has 0 aliphatic rings. The summed E-state index contributed by atoms with van der Waals surface area (Å²) in [5.41, 5.74) is 0.276. The van der Waals surface area contributed by atoms with Crippen molar-refractivity contribution in [1.29, 1.82) is 0 Å². The molecule has 3 rings (SSSR count). The number of carbonyl (C=O) groups is 2. The van der Waals surface area contributed by atoms with Gasteiger partial charge in [0.15, 0.2) is 12.0 Å². The van der Waals surface area contributed by atoms with Gasteiger partial charge in [-0.2, -0.15) is 0 Å². The molecule has 0 heterocycles. The normalized spacial score (nSPS) is 10.5. The number of carbonyl (C=O) groups excluding carboxylic acids is 2. The van der Waals surface area contributed by atoms with E-state index in [4.69, 9.17) is 21.1 Å². The molecule has 0 spiro atoms. The smallest absolute Gasteiger partial charge is 0.259 e. The number of phenolic OH excluding ortho intramolecular Hbond substituents is 1. The van der Waals surface area contributed by atoms with Crippen LogP contribution >= 0.6 is 11.6 Å². The molecule has 1 amide bonds. The van der Waals surface area contributed by atoms with Crippen LogP contribution in [0.1, 0.15) is 20.7 Å². The van der Waals surface area contributed by atoms with E-state index < -0.39 is 11.7 Å². The fourth-order valence-corrected chi connectivity index (χ4v) is 3.12. The SMILES string of the molecule is COc1cc(Cl)c(OC)c(NC(=O)c2cc3ccccc3c(C=O)c2O)c1. The van der Waals surface area contributed by atoms with Gasteiger partial charge in [0.2, 0.25) is 0 Å². The maximum absolute atomic E-state index is 12.8. The van der Waals surface area contributed by atoms with Crippen molar-refractivity contribution in [3.05, 3.63) is 58.6 Å². The molecule has 2 N–H and O–H groups in total. The molecule has 0 saturated heterocycles. The first-order valence-corrected chi connectivity index (χ1v) is 8.30. The number of halogens is 1. The van der Waals surface area contributed by atoms with Crippen LogP contribution in [0.2, 0.25) is 5.02 Å². The molecule has 7 heteroatoms. The highest BCUT2D eigenvalue weighted by Gasteiger charge is 2.20. The fraction of sp³-hybridized carbons (Fsp3) is 0.100. The predicted octanol–water partition coefficient (Wildman–Crippen LogP) is 4.28. The number of aldehydes is 1. The molecule has 0 aromatic heterocycles. The molecule has 3 aromatic carbocycles. The van der Waals surface area contributed by atoms with Crippen molar-refractivity contribution in [2.45, 2.75) is 0 Å². The molecule has 0 saturated carbocycles. The van der Waals surface area contributed by atoms with Gasteiger partial charge in [0.1, 0.15) is 11.5 Å². The Kier molecular flexibility index (Phi) is 5.19. The van der Waals surface area contributed by atoms with Crippen molar-refractivity contribution in [3.8, 4) is 17.2 Å². The van der Waals surface area contributed by atoms with Crippen molar-refractivity contribution in [2.24, 2.45) is 0 Å². The molecule has 6 nitrogen and oxygen atoms in total. The van der Waals surface area contributed by atoms with Gasteiger partial charge in [0, 0.05) is 12.1 Å². The van der Waals surface area contributed by atoms with Crippen LogP contribution in [0.4, 0.5) is 5.69 Å². The Morgan fingerprint density at radius 3 is 2.56 bits per heavy atom. The van der Waals surface area contributed by atoms with Gasteiger partial charge in [0.05, 0.1) is 36.1 Å². The monoisotopic (exact) mass is 385 g/mol. The summed E-state index contributed by atoms with van der Waals surface area (Å²) in [6, 6.07) is 11.6. The van der Waals surface area contributed by atoms with Gasteiger partial charge in [-0.25, -0.2) is 0 Å². The third kappa shape index (κ3) is 3.39. The standard InChI is InChI=1S/C20H16ClNO5/c1-26-12-8-16(21)19(27-2)17(9-12)22-20(25)14-7-11-5-3-4-6-13(11)15(10-23)18(14)24/h3-10,24H,1-2H3,(H,22,25). The Hall–Kier alpha value is -3.25. The Bertz CT molecular complexity index is 1050. The summed E-state index contributed by atoms with van der Waals surface area (Å²) in [6.45, 7) is 0. The van der Waals surface area contributed by atoms with Crippen LogP contribution in [0.5, 0.6) is 17.2 Å². The lowest BCUT2D eigenvalue weighted by atomic mass is 9.99. The fourth-order valence-electron chi connectivity index (χ4n) is 2.83. The number of amides is 1. The lowest BCUT2D eigenvalue weighted by Crippen LogP contribution is -2.14. The molecule has 0 bridgehead atoms. The average Bonchev–Trinajstić information content (AvgIpc) is 2.67. The highest BCUT2D eigenvalue weighted by atomic mass is 35.5. The number of anilines is 1. The van der Waals surface area contributed by atoms with Crippen LogP contribution in [0.25, 0.3) is 10.8 Å². The second-order valence-corrected chi connectivity index (χ2v) is 6.08. The van der Waals surface area contributed by atoms with Gasteiger partial charge in [-0.15, -0.1) is 0 Å². The molecule has 0 fully saturated rings. The highest BCUT2D eigenvalue weighted by molar-refractivity contribution is 6.33. The molecular weight excluding hydrogens is 370 g/mol. The zero-order chi connectivity index (χ0) is 19.6. The molecule has 0 radical (unpaired) electrons. The third-order valence-corrected chi connectivity index (χ3v) is 4.41. The Morgan fingerprint density at radius 1 is 1.15 bits per heavy atom. The Morgan fingerprint density at radius 2 is 1.89 bits per heavy atom. The van der Waals surface area contributed by atoms with Gasteiger partial charge >= 0.3 is 0 Å². The van der Waals surface area contributed by atoms with E-state index in [1.807, 2.05) is 0 Å². The van der Waals surface area contributed by atoms with Crippen molar-refractivity contribution in [1.82, 2.24) is 0 Å². The van der Waals surface area contributed by atoms with E-state index in [0.717, 1.165) is 0 Å². The summed E-state index contributed by atoms with van der Waals surface area (Å²) in [5.74, 6) is -0.341. The molecular formula is C20H16ClNO5. The van der Waals surface area contributed by atoms with E-state index in [1.165, 1.54) is 20.3 Å². The molecule has 3 aromatic rings. The molecule has 0 unspecified atom stereocenters. The zero-order valence-corrected chi connectivity index (χ0v) is 15.3. The first-order chi connectivity index (χ1) is 13.0. The van der Waals surface area contributed by atoms with Crippen LogP contribution < -0.4 is 14.8 Å². The number of fused-ring (bicyclic) bond motifs is 1. The topological polar surface area (TPSA) is 84.9 Å². The third-order valence-electron chi connectivity index (χ3n) is 4.13. The lowest BCUT2D eigenvalue weighted by molar-refractivity contribution is 0.102. The van der Waals surface area contributed by atoms with Crippen LogP contribution in [0, 0.1) is 0 Å². The minimum absolute atomic E-state index is 0.0446. The first kappa shape index (κ1) is 18.5. The van der Waals surface area contributed by atoms with E-state index >= 15 is 0 Å². The second kappa shape index (κ2) is 7.55.